The third kappa shape index (κ3) is 4.63. The van der Waals surface area contributed by atoms with E-state index in [1.807, 2.05) is 0 Å². The topological polar surface area (TPSA) is 69.6 Å². The second kappa shape index (κ2) is 7.74. The molecule has 0 aromatic heterocycles. The summed E-state index contributed by atoms with van der Waals surface area (Å²) in [7, 11) is 0. The molecule has 1 aromatic rings. The quantitative estimate of drug-likeness (QED) is 0.793. The molecule has 25 heavy (non-hydrogen) atoms. The van der Waals surface area contributed by atoms with Gasteiger partial charge in [-0.15, -0.1) is 0 Å². The Kier molecular flexibility index (Phi) is 5.89. The van der Waals surface area contributed by atoms with E-state index in [1.165, 1.54) is 13.0 Å². The Bertz CT molecular complexity index is 676. The van der Waals surface area contributed by atoms with Crippen molar-refractivity contribution in [1.82, 2.24) is 10.2 Å². The molecule has 1 aromatic carbocycles. The van der Waals surface area contributed by atoms with Gasteiger partial charge in [-0.05, 0) is 31.9 Å². The predicted molar refractivity (Wildman–Crippen MR) is 88.4 cm³/mol. The molecule has 2 atom stereocenters. The molecule has 2 unspecified atom stereocenters. The molecule has 2 rings (SSSR count). The fourth-order valence-electron chi connectivity index (χ4n) is 2.95. The van der Waals surface area contributed by atoms with Crippen molar-refractivity contribution >= 4 is 11.8 Å². The van der Waals surface area contributed by atoms with Crippen LogP contribution in [0.15, 0.2) is 30.9 Å². The van der Waals surface area contributed by atoms with E-state index in [-0.39, 0.29) is 30.5 Å². The van der Waals surface area contributed by atoms with Crippen LogP contribution in [-0.2, 0) is 15.2 Å². The Balaban J connectivity index is 1.98. The minimum absolute atomic E-state index is 0.0960. The summed E-state index contributed by atoms with van der Waals surface area (Å²) in [6.07, 6.45) is 2.53. The molecule has 0 radical (unpaired) electrons. The third-order valence-corrected chi connectivity index (χ3v) is 4.40. The Morgan fingerprint density at radius 2 is 2.20 bits per heavy atom. The average Bonchev–Trinajstić information content (AvgIpc) is 2.58. The predicted octanol–water partition coefficient (Wildman–Crippen LogP) is 1.71. The summed E-state index contributed by atoms with van der Waals surface area (Å²) in [5, 5.41) is 13.0. The van der Waals surface area contributed by atoms with Gasteiger partial charge in [-0.1, -0.05) is 12.6 Å². The monoisotopic (exact) mass is 352 g/mol. The number of hydrogen-bond donors (Lipinski definition) is 2. The highest BCUT2D eigenvalue weighted by Crippen LogP contribution is 2.24. The van der Waals surface area contributed by atoms with Gasteiger partial charge in [-0.25, -0.2) is 8.78 Å². The molecule has 7 heteroatoms. The summed E-state index contributed by atoms with van der Waals surface area (Å²) in [4.78, 5) is 25.6. The first-order chi connectivity index (χ1) is 11.7. The summed E-state index contributed by atoms with van der Waals surface area (Å²) in [5.74, 6) is -2.55. The maximum absolute atomic E-state index is 13.8. The highest BCUT2D eigenvalue weighted by molar-refractivity contribution is 5.88. The maximum Gasteiger partial charge on any atom is 0.245 e. The Labute approximate surface area is 145 Å². The van der Waals surface area contributed by atoms with E-state index < -0.39 is 23.2 Å². The lowest BCUT2D eigenvalue weighted by Gasteiger charge is -2.32. The van der Waals surface area contributed by atoms with E-state index in [1.54, 1.807) is 4.90 Å². The standard InChI is InChI=1S/C18H22F2N2O3/c1-3-16(23)22-8-4-5-12(10-22)17(24)21-11-18(2,25)14-7-6-13(19)9-15(14)20/h3,6-7,9,12,25H,1,4-5,8,10-11H2,2H3,(H,21,24). The largest absolute Gasteiger partial charge is 0.383 e. The molecular formula is C18H22F2N2O3. The van der Waals surface area contributed by atoms with Crippen LogP contribution in [-0.4, -0.2) is 41.5 Å². The van der Waals surface area contributed by atoms with E-state index in [4.69, 9.17) is 0 Å². The second-order valence-corrected chi connectivity index (χ2v) is 6.44. The van der Waals surface area contributed by atoms with E-state index in [0.29, 0.717) is 25.5 Å². The number of likely N-dealkylation sites (tertiary alicyclic amines) is 1. The van der Waals surface area contributed by atoms with Gasteiger partial charge in [0.25, 0.3) is 0 Å². The van der Waals surface area contributed by atoms with Crippen LogP contribution in [0.4, 0.5) is 8.78 Å². The van der Waals surface area contributed by atoms with Crippen molar-refractivity contribution < 1.29 is 23.5 Å². The molecule has 136 valence electrons. The zero-order valence-corrected chi connectivity index (χ0v) is 14.1. The van der Waals surface area contributed by atoms with Crippen molar-refractivity contribution in [2.45, 2.75) is 25.4 Å². The zero-order chi connectivity index (χ0) is 18.6. The van der Waals surface area contributed by atoms with E-state index >= 15 is 0 Å². The summed E-state index contributed by atoms with van der Waals surface area (Å²) in [6.45, 7) is 5.42. The van der Waals surface area contributed by atoms with Gasteiger partial charge in [0.2, 0.25) is 11.8 Å². The number of amides is 2. The van der Waals surface area contributed by atoms with Crippen LogP contribution >= 0.6 is 0 Å². The van der Waals surface area contributed by atoms with Crippen LogP contribution in [0, 0.1) is 17.6 Å². The van der Waals surface area contributed by atoms with Gasteiger partial charge in [0.1, 0.15) is 17.2 Å². The number of carbonyl (C=O) groups excluding carboxylic acids is 2. The Hall–Kier alpha value is -2.28. The molecule has 1 aliphatic heterocycles. The fourth-order valence-corrected chi connectivity index (χ4v) is 2.95. The van der Waals surface area contributed by atoms with Crippen molar-refractivity contribution in [2.75, 3.05) is 19.6 Å². The summed E-state index contributed by atoms with van der Waals surface area (Å²) in [5.41, 5.74) is -1.78. The second-order valence-electron chi connectivity index (χ2n) is 6.44. The van der Waals surface area contributed by atoms with E-state index in [2.05, 4.69) is 11.9 Å². The molecule has 1 heterocycles. The molecule has 1 fully saturated rings. The van der Waals surface area contributed by atoms with Crippen LogP contribution in [0.2, 0.25) is 0 Å². The number of rotatable bonds is 5. The first-order valence-electron chi connectivity index (χ1n) is 8.11. The average molecular weight is 352 g/mol. The molecule has 0 aliphatic carbocycles. The Morgan fingerprint density at radius 1 is 1.48 bits per heavy atom. The summed E-state index contributed by atoms with van der Waals surface area (Å²) in [6, 6.07) is 2.89. The lowest BCUT2D eigenvalue weighted by atomic mass is 9.93. The van der Waals surface area contributed by atoms with E-state index in [9.17, 15) is 23.5 Å². The van der Waals surface area contributed by atoms with Crippen molar-refractivity contribution in [3.8, 4) is 0 Å². The third-order valence-electron chi connectivity index (χ3n) is 4.40. The first-order valence-corrected chi connectivity index (χ1v) is 8.11. The lowest BCUT2D eigenvalue weighted by molar-refractivity contribution is -0.132. The molecule has 0 bridgehead atoms. The number of benzene rings is 1. The number of nitrogens with zero attached hydrogens (tertiary/aromatic N) is 1. The van der Waals surface area contributed by atoms with Gasteiger partial charge in [-0.2, -0.15) is 0 Å². The molecule has 2 N–H and O–H groups in total. The summed E-state index contributed by atoms with van der Waals surface area (Å²) < 4.78 is 26.8. The van der Waals surface area contributed by atoms with E-state index in [0.717, 1.165) is 12.1 Å². The van der Waals surface area contributed by atoms with Crippen molar-refractivity contribution in [1.29, 1.82) is 0 Å². The van der Waals surface area contributed by atoms with Gasteiger partial charge in [0, 0.05) is 24.7 Å². The van der Waals surface area contributed by atoms with Gasteiger partial charge in [0.15, 0.2) is 0 Å². The highest BCUT2D eigenvalue weighted by atomic mass is 19.1. The van der Waals surface area contributed by atoms with Crippen LogP contribution < -0.4 is 5.32 Å². The van der Waals surface area contributed by atoms with Crippen LogP contribution in [0.5, 0.6) is 0 Å². The van der Waals surface area contributed by atoms with Crippen LogP contribution in [0.1, 0.15) is 25.3 Å². The minimum Gasteiger partial charge on any atom is -0.383 e. The van der Waals surface area contributed by atoms with Crippen molar-refractivity contribution in [2.24, 2.45) is 5.92 Å². The van der Waals surface area contributed by atoms with Crippen molar-refractivity contribution in [3.05, 3.63) is 48.1 Å². The van der Waals surface area contributed by atoms with Crippen LogP contribution in [0.3, 0.4) is 0 Å². The molecule has 1 aliphatic rings. The normalized spacial score (nSPS) is 19.8. The van der Waals surface area contributed by atoms with Crippen LogP contribution in [0.25, 0.3) is 0 Å². The Morgan fingerprint density at radius 3 is 2.84 bits per heavy atom. The number of carbonyl (C=O) groups is 2. The minimum atomic E-state index is -1.68. The highest BCUT2D eigenvalue weighted by Gasteiger charge is 2.31. The smallest absolute Gasteiger partial charge is 0.245 e. The summed E-state index contributed by atoms with van der Waals surface area (Å²) >= 11 is 0. The molecular weight excluding hydrogens is 330 g/mol. The zero-order valence-electron chi connectivity index (χ0n) is 14.1. The molecule has 1 saturated heterocycles. The molecule has 0 spiro atoms. The fraction of sp³-hybridized carbons (Fsp3) is 0.444. The number of nitrogens with one attached hydrogen (secondary N) is 1. The number of halogens is 2. The lowest BCUT2D eigenvalue weighted by Crippen LogP contribution is -2.47. The number of piperidine rings is 1. The number of aliphatic hydroxyl groups is 1. The van der Waals surface area contributed by atoms with Gasteiger partial charge >= 0.3 is 0 Å². The molecule has 5 nitrogen and oxygen atoms in total. The SMILES string of the molecule is C=CC(=O)N1CCCC(C(=O)NCC(C)(O)c2ccc(F)cc2F)C1. The molecule has 2 amide bonds. The van der Waals surface area contributed by atoms with Crippen molar-refractivity contribution in [3.63, 3.8) is 0 Å². The number of hydrogen-bond acceptors (Lipinski definition) is 3. The van der Waals surface area contributed by atoms with Gasteiger partial charge < -0.3 is 15.3 Å². The molecule has 0 saturated carbocycles. The first kappa shape index (κ1) is 19.1. The van der Waals surface area contributed by atoms with Gasteiger partial charge in [0.05, 0.1) is 12.5 Å². The van der Waals surface area contributed by atoms with Gasteiger partial charge in [-0.3, -0.25) is 9.59 Å². The maximum atomic E-state index is 13.8.